The smallest absolute Gasteiger partial charge is 0.255 e. The van der Waals surface area contributed by atoms with E-state index < -0.39 is 0 Å². The fraction of sp³-hybridized carbons (Fsp3) is 0.625. The Morgan fingerprint density at radius 3 is 2.70 bits per heavy atom. The Morgan fingerprint density at radius 2 is 2.15 bits per heavy atom. The summed E-state index contributed by atoms with van der Waals surface area (Å²) in [5.74, 6) is 0.747. The molecule has 1 aromatic heterocycles. The van der Waals surface area contributed by atoms with Gasteiger partial charge < -0.3 is 9.64 Å². The van der Waals surface area contributed by atoms with Crippen molar-refractivity contribution in [1.29, 1.82) is 0 Å². The normalized spacial score (nSPS) is 25.1. The number of carbonyl (C=O) groups is 1. The Bertz CT molecular complexity index is 490. The second kappa shape index (κ2) is 5.17. The largest absolute Gasteiger partial charge is 0.375 e. The molecular formula is C16H22N2O2. The molecule has 108 valence electrons. The third-order valence-corrected chi connectivity index (χ3v) is 4.51. The minimum Gasteiger partial charge on any atom is -0.375 e. The molecule has 4 nitrogen and oxygen atoms in total. The molecule has 1 aromatic rings. The maximum Gasteiger partial charge on any atom is 0.255 e. The third-order valence-electron chi connectivity index (χ3n) is 4.51. The molecular weight excluding hydrogens is 252 g/mol. The van der Waals surface area contributed by atoms with Crippen molar-refractivity contribution in [3.05, 3.63) is 29.6 Å². The Labute approximate surface area is 120 Å². The lowest BCUT2D eigenvalue weighted by atomic mass is 9.86. The van der Waals surface area contributed by atoms with Crippen LogP contribution in [0, 0.1) is 12.8 Å². The number of ether oxygens (including phenoxy) is 1. The number of likely N-dealkylation sites (tertiary alicyclic amines) is 1. The van der Waals surface area contributed by atoms with Gasteiger partial charge in [-0.25, -0.2) is 0 Å². The molecule has 1 amide bonds. The van der Waals surface area contributed by atoms with Gasteiger partial charge in [0.15, 0.2) is 0 Å². The van der Waals surface area contributed by atoms with Gasteiger partial charge in [-0.2, -0.15) is 0 Å². The molecule has 2 aliphatic heterocycles. The summed E-state index contributed by atoms with van der Waals surface area (Å²) in [5, 5.41) is 0. The van der Waals surface area contributed by atoms with E-state index in [0.29, 0.717) is 11.5 Å². The molecule has 2 aliphatic rings. The Morgan fingerprint density at radius 1 is 1.40 bits per heavy atom. The minimum atomic E-state index is 0.0434. The van der Waals surface area contributed by atoms with Gasteiger partial charge in [0.25, 0.3) is 5.91 Å². The zero-order valence-corrected chi connectivity index (χ0v) is 12.3. The maximum absolute atomic E-state index is 12.4. The Hall–Kier alpha value is -1.42. The minimum absolute atomic E-state index is 0.0434. The van der Waals surface area contributed by atoms with Gasteiger partial charge in [-0.05, 0) is 44.2 Å². The molecule has 20 heavy (non-hydrogen) atoms. The highest BCUT2D eigenvalue weighted by atomic mass is 16.5. The molecule has 3 rings (SSSR count). The van der Waals surface area contributed by atoms with E-state index in [1.165, 1.54) is 0 Å². The van der Waals surface area contributed by atoms with Crippen molar-refractivity contribution < 1.29 is 9.53 Å². The highest BCUT2D eigenvalue weighted by molar-refractivity contribution is 5.94. The number of hydrogen-bond acceptors (Lipinski definition) is 3. The average Bonchev–Trinajstić information content (AvgIpc) is 2.81. The van der Waals surface area contributed by atoms with Crippen molar-refractivity contribution in [3.63, 3.8) is 0 Å². The van der Waals surface area contributed by atoms with Crippen molar-refractivity contribution in [3.8, 4) is 0 Å². The molecule has 1 atom stereocenters. The van der Waals surface area contributed by atoms with Gasteiger partial charge in [-0.1, -0.05) is 6.92 Å². The number of nitrogens with zero attached hydrogens (tertiary/aromatic N) is 2. The van der Waals surface area contributed by atoms with Crippen LogP contribution in [0.25, 0.3) is 0 Å². The maximum atomic E-state index is 12.4. The number of aromatic nitrogens is 1. The topological polar surface area (TPSA) is 42.4 Å². The molecule has 4 heteroatoms. The van der Waals surface area contributed by atoms with Crippen LogP contribution in [0.15, 0.2) is 18.3 Å². The van der Waals surface area contributed by atoms with E-state index in [1.54, 1.807) is 6.20 Å². The monoisotopic (exact) mass is 274 g/mol. The number of amides is 1. The van der Waals surface area contributed by atoms with Crippen molar-refractivity contribution in [2.24, 2.45) is 5.92 Å². The first-order valence-electron chi connectivity index (χ1n) is 7.44. The van der Waals surface area contributed by atoms with Crippen LogP contribution in [0.1, 0.15) is 42.2 Å². The van der Waals surface area contributed by atoms with Gasteiger partial charge in [-0.15, -0.1) is 0 Å². The van der Waals surface area contributed by atoms with E-state index in [2.05, 4.69) is 11.9 Å². The fourth-order valence-electron chi connectivity index (χ4n) is 3.31. The van der Waals surface area contributed by atoms with E-state index in [-0.39, 0.29) is 11.5 Å². The molecule has 0 unspecified atom stereocenters. The first kappa shape index (κ1) is 13.6. The van der Waals surface area contributed by atoms with Crippen LogP contribution in [0.4, 0.5) is 0 Å². The highest BCUT2D eigenvalue weighted by Crippen LogP contribution is 2.38. The van der Waals surface area contributed by atoms with E-state index >= 15 is 0 Å². The number of hydrogen-bond donors (Lipinski definition) is 0. The van der Waals surface area contributed by atoms with Crippen LogP contribution in [-0.4, -0.2) is 41.1 Å². The molecule has 0 N–H and O–H groups in total. The first-order valence-corrected chi connectivity index (χ1v) is 7.44. The number of carbonyl (C=O) groups excluding carboxylic acids is 1. The lowest BCUT2D eigenvalue weighted by molar-refractivity contribution is -0.0390. The van der Waals surface area contributed by atoms with Gasteiger partial charge in [0.2, 0.25) is 0 Å². The molecule has 0 saturated carbocycles. The molecule has 0 bridgehead atoms. The molecule has 0 radical (unpaired) electrons. The predicted octanol–water partition coefficient (Wildman–Crippen LogP) is 2.42. The summed E-state index contributed by atoms with van der Waals surface area (Å²) in [6.07, 6.45) is 4.74. The summed E-state index contributed by atoms with van der Waals surface area (Å²) >= 11 is 0. The molecule has 0 aromatic carbocycles. The van der Waals surface area contributed by atoms with E-state index in [4.69, 9.17) is 4.74 Å². The van der Waals surface area contributed by atoms with Crippen molar-refractivity contribution in [2.75, 3.05) is 19.7 Å². The zero-order valence-electron chi connectivity index (χ0n) is 12.3. The molecule has 2 fully saturated rings. The summed E-state index contributed by atoms with van der Waals surface area (Å²) in [4.78, 5) is 18.6. The van der Waals surface area contributed by atoms with Gasteiger partial charge >= 0.3 is 0 Å². The van der Waals surface area contributed by atoms with Crippen LogP contribution in [0.3, 0.4) is 0 Å². The standard InChI is InChI=1S/C16H22N2O2/c1-12-9-16(20-11-12)5-7-18(8-6-16)15(19)14-4-3-13(2)17-10-14/h3-4,10,12H,5-9,11H2,1-2H3/t12-/m1/s1. The lowest BCUT2D eigenvalue weighted by Crippen LogP contribution is -2.46. The predicted molar refractivity (Wildman–Crippen MR) is 76.6 cm³/mol. The van der Waals surface area contributed by atoms with Crippen LogP contribution in [0.2, 0.25) is 0 Å². The Balaban J connectivity index is 1.63. The van der Waals surface area contributed by atoms with E-state index in [0.717, 1.165) is 44.7 Å². The summed E-state index contributed by atoms with van der Waals surface area (Å²) < 4.78 is 5.99. The van der Waals surface area contributed by atoms with Crippen LogP contribution in [-0.2, 0) is 4.74 Å². The summed E-state index contributed by atoms with van der Waals surface area (Å²) in [5.41, 5.74) is 1.67. The van der Waals surface area contributed by atoms with Gasteiger partial charge in [0.1, 0.15) is 0 Å². The number of aryl methyl sites for hydroxylation is 1. The first-order chi connectivity index (χ1) is 9.58. The van der Waals surface area contributed by atoms with Crippen LogP contribution < -0.4 is 0 Å². The van der Waals surface area contributed by atoms with Crippen LogP contribution >= 0.6 is 0 Å². The number of piperidine rings is 1. The number of rotatable bonds is 1. The van der Waals surface area contributed by atoms with Crippen molar-refractivity contribution in [2.45, 2.75) is 38.7 Å². The highest BCUT2D eigenvalue weighted by Gasteiger charge is 2.42. The van der Waals surface area contributed by atoms with Gasteiger partial charge in [0.05, 0.1) is 11.2 Å². The summed E-state index contributed by atoms with van der Waals surface area (Å²) in [7, 11) is 0. The molecule has 1 spiro atoms. The quantitative estimate of drug-likeness (QED) is 0.790. The van der Waals surface area contributed by atoms with Crippen LogP contribution in [0.5, 0.6) is 0 Å². The Kier molecular flexibility index (Phi) is 3.50. The van der Waals surface area contributed by atoms with Gasteiger partial charge in [-0.3, -0.25) is 9.78 Å². The average molecular weight is 274 g/mol. The molecule has 3 heterocycles. The second-order valence-corrected chi connectivity index (χ2v) is 6.28. The molecule has 0 aliphatic carbocycles. The van der Waals surface area contributed by atoms with E-state index in [1.807, 2.05) is 24.0 Å². The zero-order chi connectivity index (χ0) is 14.2. The second-order valence-electron chi connectivity index (χ2n) is 6.28. The van der Waals surface area contributed by atoms with E-state index in [9.17, 15) is 4.79 Å². The lowest BCUT2D eigenvalue weighted by Gasteiger charge is -2.38. The van der Waals surface area contributed by atoms with Crippen molar-refractivity contribution >= 4 is 5.91 Å². The SMILES string of the molecule is Cc1ccc(C(=O)N2CCC3(CC2)C[C@@H](C)CO3)cn1. The van der Waals surface area contributed by atoms with Crippen molar-refractivity contribution in [1.82, 2.24) is 9.88 Å². The summed E-state index contributed by atoms with van der Waals surface area (Å²) in [6.45, 7) is 6.62. The third kappa shape index (κ3) is 2.57. The molecule has 2 saturated heterocycles. The number of pyridine rings is 1. The van der Waals surface area contributed by atoms with Gasteiger partial charge in [0, 0.05) is 31.6 Å². The summed E-state index contributed by atoms with van der Waals surface area (Å²) in [6, 6.07) is 3.75. The fourth-order valence-corrected chi connectivity index (χ4v) is 3.31.